The molecular weight excluding hydrogens is 376 g/mol. The summed E-state index contributed by atoms with van der Waals surface area (Å²) in [4.78, 5) is 3.68. The number of rotatable bonds is 13. The lowest BCUT2D eigenvalue weighted by Gasteiger charge is -2.37. The molecule has 0 bridgehead atoms. The molecule has 1 aromatic heterocycles. The van der Waals surface area contributed by atoms with Gasteiger partial charge >= 0.3 is 0 Å². The first kappa shape index (κ1) is 23.3. The highest BCUT2D eigenvalue weighted by atomic mass is 15.1. The van der Waals surface area contributed by atoms with Crippen molar-refractivity contribution in [2.24, 2.45) is 0 Å². The highest BCUT2D eigenvalue weighted by molar-refractivity contribution is 5.32. The number of aryl methyl sites for hydroxylation is 1. The van der Waals surface area contributed by atoms with Crippen LogP contribution in [0.5, 0.6) is 0 Å². The quantitative estimate of drug-likeness (QED) is 0.221. The Bertz CT molecular complexity index is 868. The van der Waals surface area contributed by atoms with E-state index in [2.05, 4.69) is 103 Å². The van der Waals surface area contributed by atoms with Crippen molar-refractivity contribution in [3.8, 4) is 0 Å². The van der Waals surface area contributed by atoms with Crippen molar-refractivity contribution >= 4 is 0 Å². The monoisotopic (exact) mass is 417 g/mol. The summed E-state index contributed by atoms with van der Waals surface area (Å²) in [5.74, 6) is 1.84. The molecule has 2 aromatic carbocycles. The second kappa shape index (κ2) is 11.9. The molecular formula is C29H41N2+. The first-order chi connectivity index (χ1) is 15.2. The van der Waals surface area contributed by atoms with E-state index in [9.17, 15) is 0 Å². The van der Waals surface area contributed by atoms with Crippen LogP contribution in [0.3, 0.4) is 0 Å². The van der Waals surface area contributed by atoms with Gasteiger partial charge in [-0.2, -0.15) is 0 Å². The first-order valence-electron chi connectivity index (χ1n) is 12.3. The molecule has 2 unspecified atom stereocenters. The van der Waals surface area contributed by atoms with E-state index in [0.717, 1.165) is 13.0 Å². The van der Waals surface area contributed by atoms with Crippen LogP contribution in [0.4, 0.5) is 0 Å². The molecule has 3 rings (SSSR count). The van der Waals surface area contributed by atoms with E-state index in [1.54, 1.807) is 0 Å². The van der Waals surface area contributed by atoms with Gasteiger partial charge in [0, 0.05) is 5.41 Å². The Balaban J connectivity index is 2.03. The van der Waals surface area contributed by atoms with Crippen LogP contribution < -0.4 is 4.57 Å². The molecule has 0 saturated carbocycles. The van der Waals surface area contributed by atoms with Crippen LogP contribution in [0.25, 0.3) is 0 Å². The minimum absolute atomic E-state index is 0.0215. The molecule has 3 aromatic rings. The maximum Gasteiger partial charge on any atom is 0.258 e. The van der Waals surface area contributed by atoms with Crippen molar-refractivity contribution in [1.82, 2.24) is 4.98 Å². The third-order valence-electron chi connectivity index (χ3n) is 6.84. The maximum atomic E-state index is 3.68. The van der Waals surface area contributed by atoms with Crippen LogP contribution in [-0.2, 0) is 18.4 Å². The van der Waals surface area contributed by atoms with Gasteiger partial charge in [-0.25, -0.2) is 9.55 Å². The van der Waals surface area contributed by atoms with Crippen LogP contribution in [-0.4, -0.2) is 4.98 Å². The van der Waals surface area contributed by atoms with Crippen molar-refractivity contribution in [1.29, 1.82) is 0 Å². The molecule has 2 nitrogen and oxygen atoms in total. The molecule has 0 amide bonds. The molecule has 166 valence electrons. The predicted octanol–water partition coefficient (Wildman–Crippen LogP) is 7.36. The van der Waals surface area contributed by atoms with E-state index < -0.39 is 0 Å². The zero-order valence-corrected chi connectivity index (χ0v) is 19.8. The Hall–Kier alpha value is -2.35. The number of H-pyrrole nitrogens is 1. The number of benzene rings is 2. The number of imidazole rings is 1. The van der Waals surface area contributed by atoms with Crippen molar-refractivity contribution in [2.75, 3.05) is 0 Å². The fourth-order valence-electron chi connectivity index (χ4n) is 5.00. The van der Waals surface area contributed by atoms with Crippen LogP contribution >= 0.6 is 0 Å². The fourth-order valence-corrected chi connectivity index (χ4v) is 5.00. The Morgan fingerprint density at radius 3 is 2.19 bits per heavy atom. The lowest BCUT2D eigenvalue weighted by Crippen LogP contribution is -2.43. The molecule has 0 saturated heterocycles. The largest absolute Gasteiger partial charge is 0.258 e. The van der Waals surface area contributed by atoms with Gasteiger partial charge in [0.05, 0.1) is 12.5 Å². The minimum Gasteiger partial charge on any atom is -0.247 e. The number of unbranched alkanes of at least 4 members (excludes halogenated alkanes) is 4. The van der Waals surface area contributed by atoms with E-state index in [-0.39, 0.29) is 5.41 Å². The first-order valence-corrected chi connectivity index (χ1v) is 12.3. The summed E-state index contributed by atoms with van der Waals surface area (Å²) in [6.45, 7) is 8.16. The van der Waals surface area contributed by atoms with Crippen molar-refractivity contribution in [3.63, 3.8) is 0 Å². The topological polar surface area (TPSA) is 19.7 Å². The van der Waals surface area contributed by atoms with Gasteiger partial charge < -0.3 is 0 Å². The van der Waals surface area contributed by atoms with Gasteiger partial charge in [-0.3, -0.25) is 0 Å². The molecule has 0 aliphatic carbocycles. The molecule has 1 N–H and O–H groups in total. The number of aromatic amines is 1. The lowest BCUT2D eigenvalue weighted by molar-refractivity contribution is -0.705. The van der Waals surface area contributed by atoms with Gasteiger partial charge in [-0.1, -0.05) is 114 Å². The van der Waals surface area contributed by atoms with Crippen LogP contribution in [0.15, 0.2) is 73.1 Å². The Kier molecular flexibility index (Phi) is 8.94. The van der Waals surface area contributed by atoms with Crippen LogP contribution in [0.2, 0.25) is 0 Å². The Labute approximate surface area is 189 Å². The average Bonchev–Trinajstić information content (AvgIpc) is 3.27. The van der Waals surface area contributed by atoms with Crippen molar-refractivity contribution in [3.05, 3.63) is 90.0 Å². The second-order valence-corrected chi connectivity index (χ2v) is 9.24. The number of nitrogens with one attached hydrogen (secondary N) is 1. The maximum absolute atomic E-state index is 3.68. The summed E-state index contributed by atoms with van der Waals surface area (Å²) < 4.78 is 2.49. The van der Waals surface area contributed by atoms with Gasteiger partial charge in [-0.05, 0) is 30.4 Å². The van der Waals surface area contributed by atoms with Crippen LogP contribution in [0, 0.1) is 0 Å². The standard InChI is InChI=1S/C29H40N2/c1-4-6-8-15-20-27(28-30-21-23-31(28)22-7-5-2)29(3,26-18-13-10-14-19-26)24-25-16-11-9-12-17-25/h9-14,16-19,21,23,27H,4-8,15,20,22,24H2,1-3H3/p+1. The lowest BCUT2D eigenvalue weighted by atomic mass is 9.66. The molecule has 0 aliphatic heterocycles. The number of hydrogen-bond acceptors (Lipinski definition) is 0. The number of nitrogens with zero attached hydrogens (tertiary/aromatic N) is 1. The molecule has 31 heavy (non-hydrogen) atoms. The van der Waals surface area contributed by atoms with Gasteiger partial charge in [0.25, 0.3) is 5.82 Å². The summed E-state index contributed by atoms with van der Waals surface area (Å²) in [7, 11) is 0. The van der Waals surface area contributed by atoms with E-state index >= 15 is 0 Å². The molecule has 1 heterocycles. The van der Waals surface area contributed by atoms with E-state index in [4.69, 9.17) is 0 Å². The summed E-state index contributed by atoms with van der Waals surface area (Å²) in [6, 6.07) is 22.3. The van der Waals surface area contributed by atoms with Gasteiger partial charge in [0.2, 0.25) is 0 Å². The summed E-state index contributed by atoms with van der Waals surface area (Å²) in [6.07, 6.45) is 14.3. The smallest absolute Gasteiger partial charge is 0.247 e. The van der Waals surface area contributed by atoms with Crippen LogP contribution in [0.1, 0.15) is 88.6 Å². The molecule has 0 spiro atoms. The zero-order valence-electron chi connectivity index (χ0n) is 19.8. The van der Waals surface area contributed by atoms with E-state index in [1.165, 1.54) is 61.9 Å². The SMILES string of the molecule is CCCCCCC(c1[nH]cc[n+]1CCCC)C(C)(Cc1ccccc1)c1ccccc1. The molecule has 0 fully saturated rings. The fraction of sp³-hybridized carbons (Fsp3) is 0.483. The molecule has 0 radical (unpaired) electrons. The van der Waals surface area contributed by atoms with E-state index in [0.29, 0.717) is 5.92 Å². The van der Waals surface area contributed by atoms with Crippen molar-refractivity contribution in [2.45, 2.75) is 90.0 Å². The molecule has 2 atom stereocenters. The van der Waals surface area contributed by atoms with Crippen molar-refractivity contribution < 1.29 is 4.57 Å². The Morgan fingerprint density at radius 1 is 0.839 bits per heavy atom. The Morgan fingerprint density at radius 2 is 1.52 bits per heavy atom. The highest BCUT2D eigenvalue weighted by Gasteiger charge is 2.41. The summed E-state index contributed by atoms with van der Waals surface area (Å²) in [5.41, 5.74) is 2.88. The van der Waals surface area contributed by atoms with E-state index in [1.807, 2.05) is 0 Å². The minimum atomic E-state index is 0.0215. The third kappa shape index (κ3) is 6.09. The predicted molar refractivity (Wildman–Crippen MR) is 131 cm³/mol. The second-order valence-electron chi connectivity index (χ2n) is 9.24. The number of hydrogen-bond donors (Lipinski definition) is 1. The summed E-state index contributed by atoms with van der Waals surface area (Å²) >= 11 is 0. The molecule has 0 aliphatic rings. The van der Waals surface area contributed by atoms with Gasteiger partial charge in [-0.15, -0.1) is 0 Å². The van der Waals surface area contributed by atoms with Gasteiger partial charge in [0.1, 0.15) is 12.4 Å². The highest BCUT2D eigenvalue weighted by Crippen LogP contribution is 2.43. The third-order valence-corrected chi connectivity index (χ3v) is 6.84. The number of aromatic nitrogens is 2. The zero-order chi connectivity index (χ0) is 21.9. The molecule has 2 heteroatoms. The normalized spacial score (nSPS) is 14.3. The summed E-state index contributed by atoms with van der Waals surface area (Å²) in [5, 5.41) is 0. The van der Waals surface area contributed by atoms with Gasteiger partial charge in [0.15, 0.2) is 0 Å². The average molecular weight is 418 g/mol.